The van der Waals surface area contributed by atoms with E-state index in [1.807, 2.05) is 53.4 Å². The smallest absolute Gasteiger partial charge is 0.255 e. The second-order valence-electron chi connectivity index (χ2n) is 6.05. The van der Waals surface area contributed by atoms with Crippen LogP contribution >= 0.6 is 11.3 Å². The molecule has 28 heavy (non-hydrogen) atoms. The van der Waals surface area contributed by atoms with Crippen molar-refractivity contribution in [2.75, 3.05) is 19.0 Å². The van der Waals surface area contributed by atoms with Crippen molar-refractivity contribution in [1.29, 1.82) is 0 Å². The molecule has 0 saturated heterocycles. The molecule has 0 spiro atoms. The fourth-order valence-electron chi connectivity index (χ4n) is 2.88. The maximum Gasteiger partial charge on any atom is 0.255 e. The van der Waals surface area contributed by atoms with Crippen molar-refractivity contribution < 1.29 is 14.3 Å². The third kappa shape index (κ3) is 3.57. The first-order chi connectivity index (χ1) is 13.7. The number of ether oxygens (including phenoxy) is 2. The quantitative estimate of drug-likeness (QED) is 0.515. The minimum Gasteiger partial charge on any atom is -0.493 e. The number of rotatable bonds is 6. The van der Waals surface area contributed by atoms with Crippen molar-refractivity contribution >= 4 is 27.9 Å². The van der Waals surface area contributed by atoms with Crippen LogP contribution in [0.15, 0.2) is 60.2 Å². The number of aromatic nitrogens is 2. The Morgan fingerprint density at radius 3 is 2.71 bits per heavy atom. The van der Waals surface area contributed by atoms with Gasteiger partial charge in [0.15, 0.2) is 16.5 Å². The van der Waals surface area contributed by atoms with E-state index >= 15 is 0 Å². The number of benzene rings is 2. The summed E-state index contributed by atoms with van der Waals surface area (Å²) >= 11 is 1.59. The van der Waals surface area contributed by atoms with Crippen LogP contribution in [0.25, 0.3) is 16.2 Å². The summed E-state index contributed by atoms with van der Waals surface area (Å²) in [6, 6.07) is 12.8. The first kappa shape index (κ1) is 18.1. The van der Waals surface area contributed by atoms with Crippen LogP contribution in [-0.4, -0.2) is 29.0 Å². The van der Waals surface area contributed by atoms with Gasteiger partial charge < -0.3 is 14.8 Å². The molecule has 6 nitrogen and oxygen atoms in total. The number of carbonyl (C=O) groups is 1. The number of hydrogen-bond donors (Lipinski definition) is 1. The monoisotopic (exact) mass is 393 g/mol. The number of nitrogens with one attached hydrogen (secondary N) is 1. The fourth-order valence-corrected chi connectivity index (χ4v) is 3.58. The molecule has 1 amide bonds. The third-order valence-electron chi connectivity index (χ3n) is 4.26. The van der Waals surface area contributed by atoms with Gasteiger partial charge in [-0.2, -0.15) is 0 Å². The summed E-state index contributed by atoms with van der Waals surface area (Å²) in [5.74, 6) is 0.937. The summed E-state index contributed by atoms with van der Waals surface area (Å²) in [6.07, 6.45) is 3.97. The van der Waals surface area contributed by atoms with Crippen LogP contribution in [0.5, 0.6) is 11.5 Å². The molecule has 0 atom stereocenters. The molecule has 2 aromatic heterocycles. The normalized spacial score (nSPS) is 10.8. The zero-order valence-electron chi connectivity index (χ0n) is 15.5. The van der Waals surface area contributed by atoms with Crippen LogP contribution in [0.2, 0.25) is 0 Å². The van der Waals surface area contributed by atoms with Crippen LogP contribution in [-0.2, 0) is 0 Å². The summed E-state index contributed by atoms with van der Waals surface area (Å²) in [5.41, 5.74) is 3.11. The molecule has 0 radical (unpaired) electrons. The number of fused-ring (bicyclic) bond motifs is 1. The van der Waals surface area contributed by atoms with Gasteiger partial charge in [0, 0.05) is 34.6 Å². The van der Waals surface area contributed by atoms with E-state index in [1.54, 1.807) is 36.6 Å². The summed E-state index contributed by atoms with van der Waals surface area (Å²) < 4.78 is 12.8. The van der Waals surface area contributed by atoms with Crippen molar-refractivity contribution in [3.63, 3.8) is 0 Å². The van der Waals surface area contributed by atoms with Gasteiger partial charge in [-0.05, 0) is 37.3 Å². The number of carbonyl (C=O) groups excluding carboxylic acids is 1. The van der Waals surface area contributed by atoms with Crippen LogP contribution < -0.4 is 14.8 Å². The van der Waals surface area contributed by atoms with Crippen molar-refractivity contribution in [3.8, 4) is 22.8 Å². The summed E-state index contributed by atoms with van der Waals surface area (Å²) in [6.45, 7) is 2.43. The van der Waals surface area contributed by atoms with Crippen LogP contribution in [0, 0.1) is 0 Å². The first-order valence-electron chi connectivity index (χ1n) is 8.82. The summed E-state index contributed by atoms with van der Waals surface area (Å²) in [7, 11) is 1.55. The van der Waals surface area contributed by atoms with Gasteiger partial charge in [-0.15, -0.1) is 11.3 Å². The molecule has 4 aromatic rings. The summed E-state index contributed by atoms with van der Waals surface area (Å²) in [4.78, 5) is 18.1. The molecule has 4 rings (SSSR count). The number of amides is 1. The molecule has 1 N–H and O–H groups in total. The molecule has 2 aromatic carbocycles. The van der Waals surface area contributed by atoms with E-state index in [4.69, 9.17) is 9.47 Å². The maximum atomic E-state index is 12.6. The first-order valence-corrected chi connectivity index (χ1v) is 9.70. The third-order valence-corrected chi connectivity index (χ3v) is 5.03. The molecule has 0 aliphatic heterocycles. The van der Waals surface area contributed by atoms with E-state index < -0.39 is 0 Å². The second-order valence-corrected chi connectivity index (χ2v) is 6.92. The molecule has 0 fully saturated rings. The van der Waals surface area contributed by atoms with Gasteiger partial charge in [-0.3, -0.25) is 9.20 Å². The lowest BCUT2D eigenvalue weighted by atomic mass is 10.1. The predicted molar refractivity (Wildman–Crippen MR) is 111 cm³/mol. The van der Waals surface area contributed by atoms with Crippen LogP contribution in [0.4, 0.5) is 5.69 Å². The topological polar surface area (TPSA) is 64.9 Å². The second kappa shape index (κ2) is 7.74. The van der Waals surface area contributed by atoms with E-state index in [-0.39, 0.29) is 5.91 Å². The molecular formula is C21H19N3O3S. The molecule has 7 heteroatoms. The fraction of sp³-hybridized carbons (Fsp3) is 0.143. The van der Waals surface area contributed by atoms with Crippen molar-refractivity contribution in [3.05, 3.63) is 65.8 Å². The van der Waals surface area contributed by atoms with Crippen molar-refractivity contribution in [2.45, 2.75) is 6.92 Å². The molecule has 0 aliphatic rings. The SMILES string of the molecule is CCOc1ccc(C(=O)Nc2ccc(-c3cn4ccsc4n3)cc2)cc1OC. The lowest BCUT2D eigenvalue weighted by Gasteiger charge is -2.11. The number of nitrogens with zero attached hydrogens (tertiary/aromatic N) is 2. The van der Waals surface area contributed by atoms with Gasteiger partial charge in [0.25, 0.3) is 5.91 Å². The average molecular weight is 393 g/mol. The number of hydrogen-bond acceptors (Lipinski definition) is 5. The zero-order chi connectivity index (χ0) is 19.5. The Bertz CT molecular complexity index is 1090. The van der Waals surface area contributed by atoms with Crippen LogP contribution in [0.1, 0.15) is 17.3 Å². The number of thiazole rings is 1. The number of imidazole rings is 1. The van der Waals surface area contributed by atoms with Gasteiger partial charge in [0.05, 0.1) is 19.4 Å². The molecule has 0 aliphatic carbocycles. The lowest BCUT2D eigenvalue weighted by Crippen LogP contribution is -2.12. The highest BCUT2D eigenvalue weighted by molar-refractivity contribution is 7.15. The Labute approximate surface area is 166 Å². The number of methoxy groups -OCH3 is 1. The highest BCUT2D eigenvalue weighted by Gasteiger charge is 2.12. The molecular weight excluding hydrogens is 374 g/mol. The predicted octanol–water partition coefficient (Wildman–Crippen LogP) is 4.72. The Hall–Kier alpha value is -3.32. The molecule has 0 saturated carbocycles. The maximum absolute atomic E-state index is 12.6. The van der Waals surface area contributed by atoms with Gasteiger partial charge in [0.2, 0.25) is 0 Å². The summed E-state index contributed by atoms with van der Waals surface area (Å²) in [5, 5.41) is 4.90. The largest absolute Gasteiger partial charge is 0.493 e. The van der Waals surface area contributed by atoms with Gasteiger partial charge in [0.1, 0.15) is 0 Å². The highest BCUT2D eigenvalue weighted by atomic mass is 32.1. The molecule has 2 heterocycles. The lowest BCUT2D eigenvalue weighted by molar-refractivity contribution is 0.102. The van der Waals surface area contributed by atoms with Crippen molar-refractivity contribution in [1.82, 2.24) is 9.38 Å². The van der Waals surface area contributed by atoms with E-state index in [9.17, 15) is 4.79 Å². The minimum atomic E-state index is -0.211. The Morgan fingerprint density at radius 1 is 1.18 bits per heavy atom. The molecule has 0 unspecified atom stereocenters. The van der Waals surface area contributed by atoms with Crippen molar-refractivity contribution in [2.24, 2.45) is 0 Å². The van der Waals surface area contributed by atoms with E-state index in [0.717, 1.165) is 16.2 Å². The van der Waals surface area contributed by atoms with Crippen LogP contribution in [0.3, 0.4) is 0 Å². The van der Waals surface area contributed by atoms with E-state index in [1.165, 1.54) is 0 Å². The standard InChI is InChI=1S/C21H19N3O3S/c1-3-27-18-9-6-15(12-19(18)26-2)20(25)22-16-7-4-14(5-8-16)17-13-24-10-11-28-21(24)23-17/h4-13H,3H2,1-2H3,(H,22,25). The average Bonchev–Trinajstić information content (AvgIpc) is 3.31. The van der Waals surface area contributed by atoms with Gasteiger partial charge in [-0.1, -0.05) is 12.1 Å². The zero-order valence-corrected chi connectivity index (χ0v) is 16.3. The van der Waals surface area contributed by atoms with E-state index in [2.05, 4.69) is 10.3 Å². The minimum absolute atomic E-state index is 0.211. The Kier molecular flexibility index (Phi) is 4.99. The molecule has 0 bridgehead atoms. The Balaban J connectivity index is 1.49. The van der Waals surface area contributed by atoms with Gasteiger partial charge in [-0.25, -0.2) is 4.98 Å². The highest BCUT2D eigenvalue weighted by Crippen LogP contribution is 2.28. The van der Waals surface area contributed by atoms with E-state index in [0.29, 0.717) is 29.4 Å². The molecule has 142 valence electrons. The Morgan fingerprint density at radius 2 is 2.00 bits per heavy atom. The van der Waals surface area contributed by atoms with Gasteiger partial charge >= 0.3 is 0 Å². The number of anilines is 1.